The van der Waals surface area contributed by atoms with E-state index in [2.05, 4.69) is 27.7 Å². The summed E-state index contributed by atoms with van der Waals surface area (Å²) in [5.74, 6) is 2.42. The average Bonchev–Trinajstić information content (AvgIpc) is 3.05. The molecule has 0 bridgehead atoms. The van der Waals surface area contributed by atoms with Crippen molar-refractivity contribution in [3.8, 4) is 0 Å². The second-order valence-electron chi connectivity index (χ2n) is 7.49. The van der Waals surface area contributed by atoms with Gasteiger partial charge in [0.1, 0.15) is 0 Å². The Morgan fingerprint density at radius 2 is 2.20 bits per heavy atom. The summed E-state index contributed by atoms with van der Waals surface area (Å²) < 4.78 is 5.26. The van der Waals surface area contributed by atoms with Gasteiger partial charge in [0.15, 0.2) is 11.8 Å². The van der Waals surface area contributed by atoms with Gasteiger partial charge < -0.3 is 20.3 Å². The number of guanidine groups is 1. The third-order valence-electron chi connectivity index (χ3n) is 4.85. The van der Waals surface area contributed by atoms with Crippen LogP contribution in [0.25, 0.3) is 0 Å². The van der Waals surface area contributed by atoms with Crippen molar-refractivity contribution < 1.29 is 9.63 Å². The number of aliphatic imine (C=N–C) groups is 1. The first kappa shape index (κ1) is 19.7. The van der Waals surface area contributed by atoms with E-state index in [1.807, 2.05) is 20.8 Å². The Bertz CT molecular complexity index is 557. The van der Waals surface area contributed by atoms with Gasteiger partial charge in [-0.3, -0.25) is 4.99 Å². The van der Waals surface area contributed by atoms with E-state index in [-0.39, 0.29) is 17.4 Å². The summed E-state index contributed by atoms with van der Waals surface area (Å²) in [6, 6.07) is 0. The minimum absolute atomic E-state index is 0.126. The van der Waals surface area contributed by atoms with Crippen LogP contribution in [-0.4, -0.2) is 46.9 Å². The summed E-state index contributed by atoms with van der Waals surface area (Å²) in [6.07, 6.45) is 4.58. The first-order valence-electron chi connectivity index (χ1n) is 9.47. The standard InChI is InChI=1S/C18H33N5O2/c1-5-19-17(21-12-18(4)10-7-6-8-14(18)24)20-11-9-15-22-16(13(2)3)23-25-15/h13-14,24H,5-12H2,1-4H3,(H2,19,20,21). The number of rotatable bonds is 7. The SMILES string of the molecule is CCNC(=NCC1(C)CCCCC1O)NCCc1nc(C(C)C)no1. The quantitative estimate of drug-likeness (QED) is 0.515. The molecule has 2 atom stereocenters. The van der Waals surface area contributed by atoms with Gasteiger partial charge in [-0.25, -0.2) is 0 Å². The van der Waals surface area contributed by atoms with E-state index in [0.717, 1.165) is 37.6 Å². The third kappa shape index (κ3) is 5.70. The number of aliphatic hydroxyl groups is 1. The molecule has 1 aliphatic rings. The summed E-state index contributed by atoms with van der Waals surface area (Å²) in [6.45, 7) is 10.4. The van der Waals surface area contributed by atoms with Gasteiger partial charge in [0, 0.05) is 30.8 Å². The van der Waals surface area contributed by atoms with E-state index in [1.54, 1.807) is 0 Å². The van der Waals surface area contributed by atoms with Crippen LogP contribution >= 0.6 is 0 Å². The average molecular weight is 351 g/mol. The van der Waals surface area contributed by atoms with Crippen LogP contribution in [0, 0.1) is 5.41 Å². The molecule has 2 unspecified atom stereocenters. The Kier molecular flexibility index (Phi) is 7.23. The van der Waals surface area contributed by atoms with Crippen LogP contribution in [0.2, 0.25) is 0 Å². The largest absolute Gasteiger partial charge is 0.392 e. The molecule has 1 saturated carbocycles. The van der Waals surface area contributed by atoms with Crippen molar-refractivity contribution in [2.45, 2.75) is 71.8 Å². The molecular weight excluding hydrogens is 318 g/mol. The van der Waals surface area contributed by atoms with Crippen molar-refractivity contribution in [2.75, 3.05) is 19.6 Å². The van der Waals surface area contributed by atoms with Gasteiger partial charge in [0.2, 0.25) is 5.89 Å². The fraction of sp³-hybridized carbons (Fsp3) is 0.833. The number of nitrogens with zero attached hydrogens (tertiary/aromatic N) is 3. The minimum atomic E-state index is -0.263. The van der Waals surface area contributed by atoms with Gasteiger partial charge in [0.05, 0.1) is 12.6 Å². The number of nitrogens with one attached hydrogen (secondary N) is 2. The number of aromatic nitrogens is 2. The molecule has 0 spiro atoms. The molecule has 25 heavy (non-hydrogen) atoms. The second-order valence-corrected chi connectivity index (χ2v) is 7.49. The van der Waals surface area contributed by atoms with Crippen LogP contribution in [0.1, 0.15) is 71.0 Å². The first-order chi connectivity index (χ1) is 11.9. The van der Waals surface area contributed by atoms with Gasteiger partial charge in [0.25, 0.3) is 0 Å². The second kappa shape index (κ2) is 9.17. The van der Waals surface area contributed by atoms with E-state index >= 15 is 0 Å². The van der Waals surface area contributed by atoms with E-state index in [1.165, 1.54) is 6.42 Å². The predicted octanol–water partition coefficient (Wildman–Crippen LogP) is 2.23. The highest BCUT2D eigenvalue weighted by Gasteiger charge is 2.35. The molecule has 0 aliphatic heterocycles. The molecule has 3 N–H and O–H groups in total. The Morgan fingerprint density at radius 1 is 1.40 bits per heavy atom. The van der Waals surface area contributed by atoms with Gasteiger partial charge >= 0.3 is 0 Å². The van der Waals surface area contributed by atoms with E-state index in [9.17, 15) is 5.11 Å². The Balaban J connectivity index is 1.86. The highest BCUT2D eigenvalue weighted by atomic mass is 16.5. The molecule has 7 nitrogen and oxygen atoms in total. The van der Waals surface area contributed by atoms with Gasteiger partial charge in [-0.05, 0) is 19.8 Å². The Morgan fingerprint density at radius 3 is 2.84 bits per heavy atom. The molecule has 1 aliphatic carbocycles. The van der Waals surface area contributed by atoms with Crippen LogP contribution < -0.4 is 10.6 Å². The molecule has 142 valence electrons. The lowest BCUT2D eigenvalue weighted by molar-refractivity contribution is 0.00716. The van der Waals surface area contributed by atoms with Crippen molar-refractivity contribution in [1.29, 1.82) is 0 Å². The molecule has 2 rings (SSSR count). The molecule has 7 heteroatoms. The van der Waals surface area contributed by atoms with Crippen molar-refractivity contribution >= 4 is 5.96 Å². The molecule has 0 radical (unpaired) electrons. The fourth-order valence-corrected chi connectivity index (χ4v) is 3.06. The van der Waals surface area contributed by atoms with Crippen LogP contribution in [0.3, 0.4) is 0 Å². The highest BCUT2D eigenvalue weighted by molar-refractivity contribution is 5.79. The molecule has 1 aromatic rings. The predicted molar refractivity (Wildman–Crippen MR) is 98.7 cm³/mol. The summed E-state index contributed by atoms with van der Waals surface area (Å²) >= 11 is 0. The highest BCUT2D eigenvalue weighted by Crippen LogP contribution is 2.36. The number of hydrogen-bond donors (Lipinski definition) is 3. The van der Waals surface area contributed by atoms with E-state index in [4.69, 9.17) is 9.52 Å². The van der Waals surface area contributed by atoms with Crippen LogP contribution in [0.4, 0.5) is 0 Å². The normalized spacial score (nSPS) is 24.6. The topological polar surface area (TPSA) is 95.6 Å². The molecule has 0 aromatic carbocycles. The lowest BCUT2D eigenvalue weighted by atomic mass is 9.73. The monoisotopic (exact) mass is 351 g/mol. The lowest BCUT2D eigenvalue weighted by Gasteiger charge is -2.37. The molecule has 1 fully saturated rings. The third-order valence-corrected chi connectivity index (χ3v) is 4.85. The lowest BCUT2D eigenvalue weighted by Crippen LogP contribution is -2.42. The molecule has 0 amide bonds. The van der Waals surface area contributed by atoms with E-state index < -0.39 is 0 Å². The van der Waals surface area contributed by atoms with Gasteiger partial charge in [-0.15, -0.1) is 0 Å². The summed E-state index contributed by atoms with van der Waals surface area (Å²) in [4.78, 5) is 9.07. The van der Waals surface area contributed by atoms with Crippen molar-refractivity contribution in [3.05, 3.63) is 11.7 Å². The number of hydrogen-bond acceptors (Lipinski definition) is 5. The van der Waals surface area contributed by atoms with Crippen LogP contribution in [0.15, 0.2) is 9.52 Å². The molecular formula is C18H33N5O2. The van der Waals surface area contributed by atoms with Crippen LogP contribution in [-0.2, 0) is 6.42 Å². The summed E-state index contributed by atoms with van der Waals surface area (Å²) in [5, 5.41) is 20.8. The van der Waals surface area contributed by atoms with Gasteiger partial charge in [-0.1, -0.05) is 38.8 Å². The number of aliphatic hydroxyl groups excluding tert-OH is 1. The molecule has 1 aromatic heterocycles. The zero-order valence-electron chi connectivity index (χ0n) is 16.0. The minimum Gasteiger partial charge on any atom is -0.392 e. The van der Waals surface area contributed by atoms with Gasteiger partial charge in [-0.2, -0.15) is 4.98 Å². The molecule has 0 saturated heterocycles. The maximum Gasteiger partial charge on any atom is 0.228 e. The smallest absolute Gasteiger partial charge is 0.228 e. The Hall–Kier alpha value is -1.63. The van der Waals surface area contributed by atoms with Crippen molar-refractivity contribution in [3.63, 3.8) is 0 Å². The fourth-order valence-electron chi connectivity index (χ4n) is 3.06. The molecule has 1 heterocycles. The van der Waals surface area contributed by atoms with Crippen molar-refractivity contribution in [1.82, 2.24) is 20.8 Å². The maximum atomic E-state index is 10.3. The van der Waals surface area contributed by atoms with E-state index in [0.29, 0.717) is 25.4 Å². The summed E-state index contributed by atoms with van der Waals surface area (Å²) in [7, 11) is 0. The summed E-state index contributed by atoms with van der Waals surface area (Å²) in [5.41, 5.74) is -0.126. The Labute approximate surface area is 150 Å². The first-order valence-corrected chi connectivity index (χ1v) is 9.47. The van der Waals surface area contributed by atoms with Crippen LogP contribution in [0.5, 0.6) is 0 Å². The zero-order chi connectivity index (χ0) is 18.3. The zero-order valence-corrected chi connectivity index (χ0v) is 16.0. The maximum absolute atomic E-state index is 10.3. The van der Waals surface area contributed by atoms with Crippen molar-refractivity contribution in [2.24, 2.45) is 10.4 Å².